The van der Waals surface area contributed by atoms with E-state index in [4.69, 9.17) is 0 Å². The molecule has 1 fully saturated rings. The van der Waals surface area contributed by atoms with E-state index in [-0.39, 0.29) is 11.6 Å². The average molecular weight is 391 g/mol. The van der Waals surface area contributed by atoms with Gasteiger partial charge in [0.25, 0.3) is 5.91 Å². The topological polar surface area (TPSA) is 32.3 Å². The lowest BCUT2D eigenvalue weighted by Gasteiger charge is -2.26. The smallest absolute Gasteiger partial charge is 0.255 e. The fourth-order valence-electron chi connectivity index (χ4n) is 2.92. The number of likely N-dealkylation sites (tertiary alicyclic amines) is 1. The van der Waals surface area contributed by atoms with Gasteiger partial charge in [-0.15, -0.1) is 0 Å². The van der Waals surface area contributed by atoms with Crippen molar-refractivity contribution in [3.8, 4) is 0 Å². The van der Waals surface area contributed by atoms with Crippen LogP contribution in [-0.4, -0.2) is 23.9 Å². The van der Waals surface area contributed by atoms with E-state index in [2.05, 4.69) is 26.1 Å². The van der Waals surface area contributed by atoms with Crippen LogP contribution in [0.1, 0.15) is 35.2 Å². The molecule has 2 aromatic rings. The monoisotopic (exact) mass is 390 g/mol. The molecule has 0 spiro atoms. The third kappa shape index (κ3) is 4.42. The molecule has 3 rings (SSSR count). The number of nitrogens with zero attached hydrogens (tertiary/aromatic N) is 1. The van der Waals surface area contributed by atoms with E-state index in [9.17, 15) is 9.18 Å². The highest BCUT2D eigenvalue weighted by molar-refractivity contribution is 9.10. The maximum absolute atomic E-state index is 13.8. The van der Waals surface area contributed by atoms with Crippen LogP contribution in [0.3, 0.4) is 0 Å². The Morgan fingerprint density at radius 1 is 1.08 bits per heavy atom. The van der Waals surface area contributed by atoms with Crippen molar-refractivity contribution in [3.05, 3.63) is 63.9 Å². The molecule has 0 unspecified atom stereocenters. The molecule has 0 radical (unpaired) electrons. The Labute approximate surface area is 150 Å². The summed E-state index contributed by atoms with van der Waals surface area (Å²) < 4.78 is 14.4. The number of nitrogens with one attached hydrogen (secondary N) is 1. The van der Waals surface area contributed by atoms with Gasteiger partial charge in [-0.25, -0.2) is 4.39 Å². The van der Waals surface area contributed by atoms with Crippen molar-refractivity contribution < 1.29 is 9.18 Å². The average Bonchev–Trinajstić information content (AvgIpc) is 2.59. The van der Waals surface area contributed by atoms with Crippen LogP contribution in [0.4, 0.5) is 10.1 Å². The van der Waals surface area contributed by atoms with Gasteiger partial charge in [-0.05, 0) is 61.8 Å². The first-order chi connectivity index (χ1) is 11.6. The molecule has 0 saturated carbocycles. The quantitative estimate of drug-likeness (QED) is 0.810. The Morgan fingerprint density at radius 2 is 1.79 bits per heavy atom. The second-order valence-electron chi connectivity index (χ2n) is 6.11. The minimum Gasteiger partial charge on any atom is -0.319 e. The summed E-state index contributed by atoms with van der Waals surface area (Å²) >= 11 is 3.20. The Kier molecular flexibility index (Phi) is 5.63. The van der Waals surface area contributed by atoms with Gasteiger partial charge in [0.15, 0.2) is 0 Å². The molecule has 1 heterocycles. The van der Waals surface area contributed by atoms with Crippen molar-refractivity contribution in [2.75, 3.05) is 18.4 Å². The standard InChI is InChI=1S/C19H20BrFN2O/c20-16-8-9-18(17(21)12-16)22-19(24)15-6-4-14(5-7-15)13-23-10-2-1-3-11-23/h4-9,12H,1-3,10-11,13H2,(H,22,24). The van der Waals surface area contributed by atoms with Crippen molar-refractivity contribution in [2.45, 2.75) is 25.8 Å². The van der Waals surface area contributed by atoms with Crippen LogP contribution in [0.2, 0.25) is 0 Å². The molecule has 1 saturated heterocycles. The van der Waals surface area contributed by atoms with E-state index in [1.165, 1.54) is 30.9 Å². The Balaban J connectivity index is 1.62. The molecule has 0 bridgehead atoms. The van der Waals surface area contributed by atoms with Crippen molar-refractivity contribution in [1.82, 2.24) is 4.90 Å². The van der Waals surface area contributed by atoms with Gasteiger partial charge in [-0.2, -0.15) is 0 Å². The Morgan fingerprint density at radius 3 is 2.46 bits per heavy atom. The number of piperidine rings is 1. The molecule has 1 aliphatic rings. The molecule has 1 amide bonds. The van der Waals surface area contributed by atoms with Crippen LogP contribution in [0.25, 0.3) is 0 Å². The van der Waals surface area contributed by atoms with E-state index in [0.29, 0.717) is 10.0 Å². The molecule has 0 aliphatic carbocycles. The number of anilines is 1. The summed E-state index contributed by atoms with van der Waals surface area (Å²) in [6.07, 6.45) is 3.85. The molecule has 5 heteroatoms. The summed E-state index contributed by atoms with van der Waals surface area (Å²) in [7, 11) is 0. The SMILES string of the molecule is O=C(Nc1ccc(Br)cc1F)c1ccc(CN2CCCCC2)cc1. The predicted octanol–water partition coefficient (Wildman–Crippen LogP) is 4.83. The molecule has 0 aromatic heterocycles. The van der Waals surface area contributed by atoms with Gasteiger partial charge in [-0.3, -0.25) is 9.69 Å². The molecule has 1 aliphatic heterocycles. The third-order valence-electron chi connectivity index (χ3n) is 4.25. The van der Waals surface area contributed by atoms with Gasteiger partial charge >= 0.3 is 0 Å². The predicted molar refractivity (Wildman–Crippen MR) is 97.6 cm³/mol. The number of amides is 1. The zero-order chi connectivity index (χ0) is 16.9. The summed E-state index contributed by atoms with van der Waals surface area (Å²) in [5.41, 5.74) is 1.91. The normalized spacial score (nSPS) is 15.2. The zero-order valence-corrected chi connectivity index (χ0v) is 15.0. The molecular weight excluding hydrogens is 371 g/mol. The highest BCUT2D eigenvalue weighted by Crippen LogP contribution is 2.20. The maximum Gasteiger partial charge on any atom is 0.255 e. The Hall–Kier alpha value is -1.72. The van der Waals surface area contributed by atoms with Gasteiger partial charge in [0.2, 0.25) is 0 Å². The van der Waals surface area contributed by atoms with Gasteiger partial charge in [-0.1, -0.05) is 34.5 Å². The van der Waals surface area contributed by atoms with E-state index in [1.807, 2.05) is 12.1 Å². The van der Waals surface area contributed by atoms with E-state index in [1.54, 1.807) is 24.3 Å². The number of benzene rings is 2. The van der Waals surface area contributed by atoms with Crippen LogP contribution < -0.4 is 5.32 Å². The van der Waals surface area contributed by atoms with Crippen molar-refractivity contribution >= 4 is 27.5 Å². The molecule has 126 valence electrons. The number of hydrogen-bond donors (Lipinski definition) is 1. The summed E-state index contributed by atoms with van der Waals surface area (Å²) in [4.78, 5) is 14.7. The minimum atomic E-state index is -0.459. The summed E-state index contributed by atoms with van der Waals surface area (Å²) in [5, 5.41) is 2.61. The fraction of sp³-hybridized carbons (Fsp3) is 0.316. The third-order valence-corrected chi connectivity index (χ3v) is 4.74. The Bertz CT molecular complexity index is 712. The lowest BCUT2D eigenvalue weighted by atomic mass is 10.1. The first-order valence-electron chi connectivity index (χ1n) is 8.19. The van der Waals surface area contributed by atoms with Crippen LogP contribution in [-0.2, 0) is 6.54 Å². The zero-order valence-electron chi connectivity index (χ0n) is 13.4. The van der Waals surface area contributed by atoms with Crippen LogP contribution in [0.5, 0.6) is 0 Å². The number of carbonyl (C=O) groups is 1. The maximum atomic E-state index is 13.8. The van der Waals surface area contributed by atoms with Gasteiger partial charge in [0.05, 0.1) is 5.69 Å². The largest absolute Gasteiger partial charge is 0.319 e. The van der Waals surface area contributed by atoms with Crippen LogP contribution >= 0.6 is 15.9 Å². The van der Waals surface area contributed by atoms with Crippen LogP contribution in [0, 0.1) is 5.82 Å². The highest BCUT2D eigenvalue weighted by Gasteiger charge is 2.12. The lowest BCUT2D eigenvalue weighted by molar-refractivity contribution is 0.102. The molecule has 0 atom stereocenters. The van der Waals surface area contributed by atoms with Crippen molar-refractivity contribution in [3.63, 3.8) is 0 Å². The van der Waals surface area contributed by atoms with Gasteiger partial charge < -0.3 is 5.32 Å². The molecule has 24 heavy (non-hydrogen) atoms. The molecule has 3 nitrogen and oxygen atoms in total. The summed E-state index contributed by atoms with van der Waals surface area (Å²) in [6.45, 7) is 3.21. The number of halogens is 2. The first kappa shape index (κ1) is 17.1. The van der Waals surface area contributed by atoms with E-state index < -0.39 is 5.82 Å². The fourth-order valence-corrected chi connectivity index (χ4v) is 3.26. The highest BCUT2D eigenvalue weighted by atomic mass is 79.9. The number of rotatable bonds is 4. The van der Waals surface area contributed by atoms with Crippen LogP contribution in [0.15, 0.2) is 46.9 Å². The molecule has 1 N–H and O–H groups in total. The van der Waals surface area contributed by atoms with Crippen molar-refractivity contribution in [1.29, 1.82) is 0 Å². The summed E-state index contributed by atoms with van der Waals surface area (Å²) in [5.74, 6) is -0.764. The number of hydrogen-bond acceptors (Lipinski definition) is 2. The van der Waals surface area contributed by atoms with Crippen molar-refractivity contribution in [2.24, 2.45) is 0 Å². The second kappa shape index (κ2) is 7.90. The number of carbonyl (C=O) groups excluding carboxylic acids is 1. The van der Waals surface area contributed by atoms with E-state index >= 15 is 0 Å². The second-order valence-corrected chi connectivity index (χ2v) is 7.03. The van der Waals surface area contributed by atoms with E-state index in [0.717, 1.165) is 19.6 Å². The van der Waals surface area contributed by atoms with Gasteiger partial charge in [0, 0.05) is 16.6 Å². The lowest BCUT2D eigenvalue weighted by Crippen LogP contribution is -2.29. The minimum absolute atomic E-state index is 0.181. The van der Waals surface area contributed by atoms with Gasteiger partial charge in [0.1, 0.15) is 5.82 Å². The summed E-state index contributed by atoms with van der Waals surface area (Å²) in [6, 6.07) is 12.1. The first-order valence-corrected chi connectivity index (χ1v) is 8.99. The molecular formula is C19H20BrFN2O. The molecule has 2 aromatic carbocycles.